The van der Waals surface area contributed by atoms with Gasteiger partial charge in [0.15, 0.2) is 5.82 Å². The number of ether oxygens (including phenoxy) is 1. The molecular weight excluding hydrogens is 406 g/mol. The summed E-state index contributed by atoms with van der Waals surface area (Å²) in [5.41, 5.74) is 4.17. The van der Waals surface area contributed by atoms with Gasteiger partial charge in [0.2, 0.25) is 5.91 Å². The van der Waals surface area contributed by atoms with Crippen molar-refractivity contribution in [2.24, 2.45) is 0 Å². The topological polar surface area (TPSA) is 90.8 Å². The Hall–Kier alpha value is -2.71. The van der Waals surface area contributed by atoms with E-state index in [4.69, 9.17) is 14.7 Å². The molecule has 3 heterocycles. The first-order chi connectivity index (χ1) is 15.5. The molecule has 8 heteroatoms. The third-order valence-electron chi connectivity index (χ3n) is 6.35. The first kappa shape index (κ1) is 22.5. The number of likely N-dealkylation sites (tertiary alicyclic amines) is 1. The smallest absolute Gasteiger partial charge is 0.220 e. The molecule has 32 heavy (non-hydrogen) atoms. The average molecular weight is 440 g/mol. The van der Waals surface area contributed by atoms with Crippen LogP contribution in [-0.4, -0.2) is 57.5 Å². The highest BCUT2D eigenvalue weighted by atomic mass is 16.5. The molecule has 2 aliphatic rings. The number of hydrogen-bond acceptors (Lipinski definition) is 7. The molecule has 0 spiro atoms. The van der Waals surface area contributed by atoms with Gasteiger partial charge < -0.3 is 20.1 Å². The number of amides is 1. The van der Waals surface area contributed by atoms with Crippen LogP contribution < -0.4 is 10.1 Å². The van der Waals surface area contributed by atoms with Crippen LogP contribution in [0.25, 0.3) is 0 Å². The Labute approximate surface area is 189 Å². The third-order valence-corrected chi connectivity index (χ3v) is 6.35. The average Bonchev–Trinajstić information content (AvgIpc) is 3.30. The molecule has 0 radical (unpaired) electrons. The number of fused-ring (bicyclic) bond motifs is 1. The Bertz CT molecular complexity index is 963. The summed E-state index contributed by atoms with van der Waals surface area (Å²) in [7, 11) is 1.89. The maximum absolute atomic E-state index is 12.0. The number of anilines is 1. The number of carbonyl (C=O) groups is 1. The minimum absolute atomic E-state index is 0.0244. The van der Waals surface area contributed by atoms with E-state index in [0.29, 0.717) is 6.61 Å². The van der Waals surface area contributed by atoms with E-state index in [0.717, 1.165) is 85.2 Å². The van der Waals surface area contributed by atoms with Crippen LogP contribution in [0.4, 0.5) is 5.82 Å². The lowest BCUT2D eigenvalue weighted by atomic mass is 10.0. The number of hydrogen-bond donors (Lipinski definition) is 2. The zero-order valence-electron chi connectivity index (χ0n) is 19.2. The molecule has 2 N–H and O–H groups in total. The quantitative estimate of drug-likeness (QED) is 0.685. The van der Waals surface area contributed by atoms with Gasteiger partial charge in [-0.05, 0) is 37.5 Å². The van der Waals surface area contributed by atoms with E-state index in [2.05, 4.69) is 16.3 Å². The van der Waals surface area contributed by atoms with E-state index in [1.807, 2.05) is 31.0 Å². The van der Waals surface area contributed by atoms with Crippen molar-refractivity contribution >= 4 is 11.7 Å². The zero-order valence-corrected chi connectivity index (χ0v) is 19.2. The van der Waals surface area contributed by atoms with E-state index in [1.54, 1.807) is 6.92 Å². The molecule has 2 aliphatic heterocycles. The summed E-state index contributed by atoms with van der Waals surface area (Å²) in [5, 5.41) is 13.0. The van der Waals surface area contributed by atoms with Crippen LogP contribution in [0.15, 0.2) is 18.2 Å². The summed E-state index contributed by atoms with van der Waals surface area (Å²) in [6.07, 6.45) is 2.75. The molecule has 1 amide bonds. The summed E-state index contributed by atoms with van der Waals surface area (Å²) >= 11 is 0. The Balaban J connectivity index is 1.53. The standard InChI is InChI=1S/C24H33N5O3/c1-4-32-22-8-7-17(12-18(22)15-30)13-28-11-9-20-19(14-28)23(25-3)27-24(26-20)21-6-5-10-29(21)16(2)31/h7-8,12,21,30H,4-6,9-11,13-15H2,1-3H3,(H,25,26,27)/t21-/m1/s1. The number of carbonyl (C=O) groups excluding carboxylic acids is 1. The van der Waals surface area contributed by atoms with E-state index in [9.17, 15) is 9.90 Å². The van der Waals surface area contributed by atoms with Gasteiger partial charge in [0, 0.05) is 57.7 Å². The van der Waals surface area contributed by atoms with Gasteiger partial charge in [-0.2, -0.15) is 0 Å². The predicted molar refractivity (Wildman–Crippen MR) is 122 cm³/mol. The molecule has 1 fully saturated rings. The highest BCUT2D eigenvalue weighted by molar-refractivity contribution is 5.74. The molecule has 172 valence electrons. The number of rotatable bonds is 7. The summed E-state index contributed by atoms with van der Waals surface area (Å²) in [4.78, 5) is 26.0. The van der Waals surface area contributed by atoms with Crippen molar-refractivity contribution in [1.82, 2.24) is 19.8 Å². The molecule has 0 unspecified atom stereocenters. The van der Waals surface area contributed by atoms with Crippen LogP contribution in [0.1, 0.15) is 60.9 Å². The largest absolute Gasteiger partial charge is 0.494 e. The van der Waals surface area contributed by atoms with Crippen LogP contribution in [-0.2, 0) is 30.9 Å². The lowest BCUT2D eigenvalue weighted by Gasteiger charge is -2.31. The Morgan fingerprint density at radius 2 is 2.16 bits per heavy atom. The SMILES string of the molecule is CCOc1ccc(CN2CCc3nc([C@H]4CCCN4C(C)=O)nc(NC)c3C2)cc1CO. The first-order valence-electron chi connectivity index (χ1n) is 11.5. The van der Waals surface area contributed by atoms with Crippen molar-refractivity contribution in [2.45, 2.75) is 58.8 Å². The number of nitrogens with one attached hydrogen (secondary N) is 1. The summed E-state index contributed by atoms with van der Waals surface area (Å²) in [6.45, 7) is 7.32. The number of aromatic nitrogens is 2. The van der Waals surface area contributed by atoms with Gasteiger partial charge in [0.05, 0.1) is 24.9 Å². The van der Waals surface area contributed by atoms with E-state index >= 15 is 0 Å². The van der Waals surface area contributed by atoms with Gasteiger partial charge in [-0.1, -0.05) is 6.07 Å². The van der Waals surface area contributed by atoms with Crippen LogP contribution in [0.3, 0.4) is 0 Å². The van der Waals surface area contributed by atoms with Gasteiger partial charge >= 0.3 is 0 Å². The molecule has 1 aromatic carbocycles. The fourth-order valence-electron chi connectivity index (χ4n) is 4.80. The Morgan fingerprint density at radius 3 is 2.88 bits per heavy atom. The second-order valence-electron chi connectivity index (χ2n) is 8.47. The minimum Gasteiger partial charge on any atom is -0.494 e. The van der Waals surface area contributed by atoms with Crippen molar-refractivity contribution in [1.29, 1.82) is 0 Å². The maximum Gasteiger partial charge on any atom is 0.220 e. The highest BCUT2D eigenvalue weighted by Gasteiger charge is 2.32. The van der Waals surface area contributed by atoms with Gasteiger partial charge in [-0.3, -0.25) is 9.69 Å². The van der Waals surface area contributed by atoms with E-state index < -0.39 is 0 Å². The summed E-state index contributed by atoms with van der Waals surface area (Å²) in [5.74, 6) is 2.44. The van der Waals surface area contributed by atoms with Crippen molar-refractivity contribution in [3.8, 4) is 5.75 Å². The van der Waals surface area contributed by atoms with Crippen molar-refractivity contribution in [3.63, 3.8) is 0 Å². The minimum atomic E-state index is -0.0367. The normalized spacial score (nSPS) is 18.5. The Morgan fingerprint density at radius 1 is 1.31 bits per heavy atom. The molecule has 8 nitrogen and oxygen atoms in total. The van der Waals surface area contributed by atoms with Gasteiger partial charge in [-0.15, -0.1) is 0 Å². The lowest BCUT2D eigenvalue weighted by molar-refractivity contribution is -0.129. The molecular formula is C24H33N5O3. The molecule has 1 saturated heterocycles. The maximum atomic E-state index is 12.0. The third kappa shape index (κ3) is 4.56. The van der Waals surface area contributed by atoms with Crippen LogP contribution in [0.5, 0.6) is 5.75 Å². The molecule has 0 bridgehead atoms. The van der Waals surface area contributed by atoms with Gasteiger partial charge in [-0.25, -0.2) is 9.97 Å². The highest BCUT2D eigenvalue weighted by Crippen LogP contribution is 2.33. The van der Waals surface area contributed by atoms with Crippen LogP contribution in [0.2, 0.25) is 0 Å². The number of benzene rings is 1. The van der Waals surface area contributed by atoms with Crippen molar-refractivity contribution in [3.05, 3.63) is 46.4 Å². The lowest BCUT2D eigenvalue weighted by Crippen LogP contribution is -2.33. The first-order valence-corrected chi connectivity index (χ1v) is 11.5. The monoisotopic (exact) mass is 439 g/mol. The van der Waals surface area contributed by atoms with Crippen LogP contribution in [0, 0.1) is 0 Å². The van der Waals surface area contributed by atoms with E-state index in [1.165, 1.54) is 0 Å². The molecule has 1 aromatic heterocycles. The number of aliphatic hydroxyl groups excluding tert-OH is 1. The van der Waals surface area contributed by atoms with E-state index in [-0.39, 0.29) is 18.6 Å². The zero-order chi connectivity index (χ0) is 22.7. The second kappa shape index (κ2) is 9.83. The Kier molecular flexibility index (Phi) is 6.91. The summed E-state index contributed by atoms with van der Waals surface area (Å²) in [6, 6.07) is 6.01. The molecule has 0 saturated carbocycles. The number of aliphatic hydroxyl groups is 1. The fraction of sp³-hybridized carbons (Fsp3) is 0.542. The van der Waals surface area contributed by atoms with Crippen molar-refractivity contribution in [2.75, 3.05) is 32.1 Å². The molecule has 2 aromatic rings. The molecule has 1 atom stereocenters. The molecule has 0 aliphatic carbocycles. The predicted octanol–water partition coefficient (Wildman–Crippen LogP) is 2.65. The number of nitrogens with zero attached hydrogens (tertiary/aromatic N) is 4. The second-order valence-corrected chi connectivity index (χ2v) is 8.47. The van der Waals surface area contributed by atoms with Crippen LogP contribution >= 0.6 is 0 Å². The van der Waals surface area contributed by atoms with Crippen molar-refractivity contribution < 1.29 is 14.6 Å². The molecule has 4 rings (SSSR count). The fourth-order valence-corrected chi connectivity index (χ4v) is 4.80. The van der Waals surface area contributed by atoms with Gasteiger partial charge in [0.1, 0.15) is 11.6 Å². The van der Waals surface area contributed by atoms with Gasteiger partial charge in [0.25, 0.3) is 0 Å². The summed E-state index contributed by atoms with van der Waals surface area (Å²) < 4.78 is 5.60.